The molecule has 0 aliphatic rings. The Kier molecular flexibility index (Phi) is 5.29. The Morgan fingerprint density at radius 1 is 1.07 bits per heavy atom. The number of benzene rings is 2. The minimum absolute atomic E-state index is 0.0342. The normalized spacial score (nSPS) is 12.2. The van der Waals surface area contributed by atoms with E-state index in [0.717, 1.165) is 15.8 Å². The molecule has 30 heavy (non-hydrogen) atoms. The fourth-order valence-corrected chi connectivity index (χ4v) is 3.77. The van der Waals surface area contributed by atoms with Gasteiger partial charge in [0.25, 0.3) is 0 Å². The van der Waals surface area contributed by atoms with Crippen LogP contribution in [0.2, 0.25) is 5.15 Å². The van der Waals surface area contributed by atoms with Gasteiger partial charge in [-0.3, -0.25) is 0 Å². The van der Waals surface area contributed by atoms with Crippen LogP contribution in [0, 0.1) is 0 Å². The van der Waals surface area contributed by atoms with E-state index < -0.39 is 12.7 Å². The lowest BCUT2D eigenvalue weighted by molar-refractivity contribution is -0.139. The minimum Gasteiger partial charge on any atom is -0.327 e. The van der Waals surface area contributed by atoms with Gasteiger partial charge in [0.15, 0.2) is 5.15 Å². The molecule has 9 heteroatoms. The highest BCUT2D eigenvalue weighted by molar-refractivity contribution is 6.35. The molecule has 0 aliphatic heterocycles. The SMILES string of the molecule is CN(C)Cc1ccc2c(c1)c1nc(Nc3ccccc3)nc(Cl)c1n2CC(F)(F)F. The van der Waals surface area contributed by atoms with E-state index in [2.05, 4.69) is 15.3 Å². The third kappa shape index (κ3) is 4.20. The summed E-state index contributed by atoms with van der Waals surface area (Å²) >= 11 is 6.37. The molecular weight excluding hydrogens is 415 g/mol. The maximum atomic E-state index is 13.3. The first kappa shape index (κ1) is 20.4. The van der Waals surface area contributed by atoms with E-state index in [-0.39, 0.29) is 16.6 Å². The zero-order chi connectivity index (χ0) is 21.5. The highest BCUT2D eigenvalue weighted by Gasteiger charge is 2.31. The Bertz CT molecular complexity index is 1200. The second-order valence-electron chi connectivity index (χ2n) is 7.32. The number of nitrogens with zero attached hydrogens (tertiary/aromatic N) is 4. The van der Waals surface area contributed by atoms with Crippen molar-refractivity contribution in [1.82, 2.24) is 19.4 Å². The lowest BCUT2D eigenvalue weighted by Crippen LogP contribution is -2.17. The van der Waals surface area contributed by atoms with Crippen LogP contribution >= 0.6 is 11.6 Å². The van der Waals surface area contributed by atoms with E-state index in [0.29, 0.717) is 23.0 Å². The second-order valence-corrected chi connectivity index (χ2v) is 7.67. The number of halogens is 4. The third-order valence-corrected chi connectivity index (χ3v) is 4.85. The highest BCUT2D eigenvalue weighted by atomic mass is 35.5. The first-order chi connectivity index (χ1) is 14.2. The van der Waals surface area contributed by atoms with Gasteiger partial charge in [0.05, 0.1) is 5.52 Å². The Hall–Kier alpha value is -2.84. The molecule has 2 aromatic carbocycles. The number of nitrogens with one attached hydrogen (secondary N) is 1. The molecule has 2 heterocycles. The predicted octanol–water partition coefficient (Wildman–Crippen LogP) is 5.61. The number of hydrogen-bond donors (Lipinski definition) is 1. The Morgan fingerprint density at radius 3 is 2.47 bits per heavy atom. The van der Waals surface area contributed by atoms with Crippen LogP contribution in [0.1, 0.15) is 5.56 Å². The molecule has 0 spiro atoms. The molecule has 5 nitrogen and oxygen atoms in total. The number of rotatable bonds is 5. The summed E-state index contributed by atoms with van der Waals surface area (Å²) in [6.07, 6.45) is -4.41. The van der Waals surface area contributed by atoms with Gasteiger partial charge in [0.2, 0.25) is 5.95 Å². The summed E-state index contributed by atoms with van der Waals surface area (Å²) in [5.41, 5.74) is 2.68. The third-order valence-electron chi connectivity index (χ3n) is 4.58. The molecular formula is C21H19ClF3N5. The van der Waals surface area contributed by atoms with Gasteiger partial charge in [-0.05, 0) is 43.9 Å². The first-order valence-electron chi connectivity index (χ1n) is 9.23. The summed E-state index contributed by atoms with van der Waals surface area (Å²) in [5.74, 6) is 0.225. The largest absolute Gasteiger partial charge is 0.406 e. The van der Waals surface area contributed by atoms with E-state index in [1.807, 2.05) is 61.5 Å². The summed E-state index contributed by atoms with van der Waals surface area (Å²) in [5, 5.41) is 3.63. The molecule has 0 bridgehead atoms. The molecule has 0 aliphatic carbocycles. The van der Waals surface area contributed by atoms with Gasteiger partial charge in [0.1, 0.15) is 17.6 Å². The summed E-state index contributed by atoms with van der Waals surface area (Å²) < 4.78 is 41.0. The molecule has 0 amide bonds. The van der Waals surface area contributed by atoms with Gasteiger partial charge in [-0.2, -0.15) is 18.2 Å². The van der Waals surface area contributed by atoms with E-state index in [1.165, 1.54) is 0 Å². The van der Waals surface area contributed by atoms with Crippen LogP contribution in [0.5, 0.6) is 0 Å². The van der Waals surface area contributed by atoms with Crippen molar-refractivity contribution in [1.29, 1.82) is 0 Å². The number of alkyl halides is 3. The second kappa shape index (κ2) is 7.77. The molecule has 4 aromatic rings. The molecule has 156 valence electrons. The monoisotopic (exact) mass is 433 g/mol. The lowest BCUT2D eigenvalue weighted by atomic mass is 10.1. The molecule has 0 saturated heterocycles. The molecule has 4 rings (SSSR count). The molecule has 0 saturated carbocycles. The maximum absolute atomic E-state index is 13.3. The zero-order valence-electron chi connectivity index (χ0n) is 16.3. The number of hydrogen-bond acceptors (Lipinski definition) is 4. The Labute approximate surface area is 176 Å². The number of para-hydroxylation sites is 1. The summed E-state index contributed by atoms with van der Waals surface area (Å²) in [7, 11) is 3.86. The van der Waals surface area contributed by atoms with Gasteiger partial charge >= 0.3 is 6.18 Å². The van der Waals surface area contributed by atoms with Gasteiger partial charge in [-0.1, -0.05) is 35.9 Å². The van der Waals surface area contributed by atoms with Crippen LogP contribution in [0.25, 0.3) is 21.9 Å². The lowest BCUT2D eigenvalue weighted by Gasteiger charge is -2.12. The van der Waals surface area contributed by atoms with Crippen molar-refractivity contribution in [2.24, 2.45) is 0 Å². The van der Waals surface area contributed by atoms with Gasteiger partial charge in [-0.15, -0.1) is 0 Å². The number of anilines is 2. The molecule has 0 unspecified atom stereocenters. The van der Waals surface area contributed by atoms with Crippen molar-refractivity contribution in [3.8, 4) is 0 Å². The van der Waals surface area contributed by atoms with Crippen LogP contribution in [-0.4, -0.2) is 39.7 Å². The highest BCUT2D eigenvalue weighted by Crippen LogP contribution is 2.35. The van der Waals surface area contributed by atoms with Crippen LogP contribution < -0.4 is 5.32 Å². The topological polar surface area (TPSA) is 46.0 Å². The molecule has 0 radical (unpaired) electrons. The van der Waals surface area contributed by atoms with E-state index in [4.69, 9.17) is 11.6 Å². The van der Waals surface area contributed by atoms with Crippen molar-refractivity contribution in [3.63, 3.8) is 0 Å². The molecule has 0 atom stereocenters. The number of fused-ring (bicyclic) bond motifs is 3. The fourth-order valence-electron chi connectivity index (χ4n) is 3.50. The summed E-state index contributed by atoms with van der Waals surface area (Å²) in [4.78, 5) is 10.7. The molecule has 0 fully saturated rings. The minimum atomic E-state index is -4.41. The molecule has 2 aromatic heterocycles. The maximum Gasteiger partial charge on any atom is 0.406 e. The quantitative estimate of drug-likeness (QED) is 0.416. The van der Waals surface area contributed by atoms with Crippen LogP contribution in [0.15, 0.2) is 48.5 Å². The smallest absolute Gasteiger partial charge is 0.327 e. The predicted molar refractivity (Wildman–Crippen MR) is 113 cm³/mol. The van der Waals surface area contributed by atoms with E-state index in [9.17, 15) is 13.2 Å². The van der Waals surface area contributed by atoms with Gasteiger partial charge in [0, 0.05) is 17.6 Å². The van der Waals surface area contributed by atoms with Gasteiger partial charge < -0.3 is 14.8 Å². The van der Waals surface area contributed by atoms with E-state index in [1.54, 1.807) is 6.07 Å². The van der Waals surface area contributed by atoms with Gasteiger partial charge in [-0.25, -0.2) is 4.98 Å². The zero-order valence-corrected chi connectivity index (χ0v) is 17.1. The summed E-state index contributed by atoms with van der Waals surface area (Å²) in [6.45, 7) is -0.523. The van der Waals surface area contributed by atoms with Crippen molar-refractivity contribution in [3.05, 3.63) is 59.2 Å². The summed E-state index contributed by atoms with van der Waals surface area (Å²) in [6, 6.07) is 14.6. The Morgan fingerprint density at radius 2 is 1.80 bits per heavy atom. The number of aromatic nitrogens is 3. The standard InChI is InChI=1S/C21H19ClF3N5/c1-29(2)11-13-8-9-16-15(10-13)17-18(30(16)12-21(23,24)25)19(22)28-20(27-17)26-14-6-4-3-5-7-14/h3-10H,11-12H2,1-2H3,(H,26,27,28). The molecule has 1 N–H and O–H groups in total. The van der Waals surface area contributed by atoms with Crippen LogP contribution in [0.4, 0.5) is 24.8 Å². The van der Waals surface area contributed by atoms with Crippen molar-refractivity contribution >= 4 is 45.2 Å². The van der Waals surface area contributed by atoms with Crippen LogP contribution in [0.3, 0.4) is 0 Å². The first-order valence-corrected chi connectivity index (χ1v) is 9.61. The average molecular weight is 434 g/mol. The van der Waals surface area contributed by atoms with Crippen molar-refractivity contribution in [2.45, 2.75) is 19.3 Å². The average Bonchev–Trinajstić information content (AvgIpc) is 2.94. The van der Waals surface area contributed by atoms with Crippen molar-refractivity contribution < 1.29 is 13.2 Å². The fraction of sp³-hybridized carbons (Fsp3) is 0.238. The Balaban J connectivity index is 1.93. The van der Waals surface area contributed by atoms with E-state index >= 15 is 0 Å². The van der Waals surface area contributed by atoms with Crippen molar-refractivity contribution in [2.75, 3.05) is 19.4 Å². The van der Waals surface area contributed by atoms with Crippen LogP contribution in [-0.2, 0) is 13.1 Å².